The topological polar surface area (TPSA) is 39.2 Å². The van der Waals surface area contributed by atoms with E-state index in [9.17, 15) is 4.79 Å². The molecule has 0 spiro atoms. The summed E-state index contributed by atoms with van der Waals surface area (Å²) in [7, 11) is 0. The molecule has 1 heterocycles. The second-order valence-electron chi connectivity index (χ2n) is 4.67. The fourth-order valence-corrected chi connectivity index (χ4v) is 2.40. The van der Waals surface area contributed by atoms with Crippen LogP contribution < -0.4 is 4.74 Å². The maximum atomic E-state index is 12.0. The Labute approximate surface area is 136 Å². The molecule has 0 unspecified atom stereocenters. The van der Waals surface area contributed by atoms with Crippen LogP contribution in [0.25, 0.3) is 11.1 Å². The standard InChI is InChI=1S/C18H12BrNO2/c19-16-10-15(11-20-12-16)18(21)22-17-8-6-14(7-9-17)13-4-2-1-3-5-13/h1-12H. The normalized spacial score (nSPS) is 10.2. The Morgan fingerprint density at radius 2 is 1.59 bits per heavy atom. The molecule has 22 heavy (non-hydrogen) atoms. The van der Waals surface area contributed by atoms with Crippen LogP contribution in [-0.2, 0) is 0 Å². The number of nitrogens with zero attached hydrogens (tertiary/aromatic N) is 1. The van der Waals surface area contributed by atoms with Crippen LogP contribution in [0.3, 0.4) is 0 Å². The summed E-state index contributed by atoms with van der Waals surface area (Å²) in [4.78, 5) is 16.0. The van der Waals surface area contributed by atoms with E-state index in [4.69, 9.17) is 4.74 Å². The maximum Gasteiger partial charge on any atom is 0.345 e. The van der Waals surface area contributed by atoms with Crippen molar-refractivity contribution in [1.82, 2.24) is 4.98 Å². The molecule has 0 fully saturated rings. The number of benzene rings is 2. The fourth-order valence-electron chi connectivity index (χ4n) is 2.04. The lowest BCUT2D eigenvalue weighted by molar-refractivity contribution is 0.0734. The lowest BCUT2D eigenvalue weighted by Crippen LogP contribution is -2.08. The van der Waals surface area contributed by atoms with E-state index in [2.05, 4.69) is 20.9 Å². The van der Waals surface area contributed by atoms with Crippen molar-refractivity contribution in [3.63, 3.8) is 0 Å². The van der Waals surface area contributed by atoms with Crippen LogP contribution >= 0.6 is 15.9 Å². The smallest absolute Gasteiger partial charge is 0.345 e. The number of hydrogen-bond donors (Lipinski definition) is 0. The van der Waals surface area contributed by atoms with Crippen LogP contribution in [0.2, 0.25) is 0 Å². The number of carbonyl (C=O) groups is 1. The predicted molar refractivity (Wildman–Crippen MR) is 88.8 cm³/mol. The quantitative estimate of drug-likeness (QED) is 0.504. The van der Waals surface area contributed by atoms with Crippen LogP contribution in [0.5, 0.6) is 5.75 Å². The zero-order chi connectivity index (χ0) is 15.4. The molecule has 0 amide bonds. The summed E-state index contributed by atoms with van der Waals surface area (Å²) < 4.78 is 6.08. The van der Waals surface area contributed by atoms with Gasteiger partial charge < -0.3 is 4.74 Å². The first-order valence-corrected chi connectivity index (χ1v) is 7.50. The average molecular weight is 354 g/mol. The lowest BCUT2D eigenvalue weighted by atomic mass is 10.1. The van der Waals surface area contributed by atoms with Gasteiger partial charge in [-0.25, -0.2) is 4.79 Å². The molecule has 4 heteroatoms. The molecule has 0 aliphatic rings. The number of aromatic nitrogens is 1. The molecule has 2 aromatic carbocycles. The Kier molecular flexibility index (Phi) is 4.30. The van der Waals surface area contributed by atoms with Gasteiger partial charge in [0.25, 0.3) is 0 Å². The van der Waals surface area contributed by atoms with Gasteiger partial charge in [-0.15, -0.1) is 0 Å². The van der Waals surface area contributed by atoms with Gasteiger partial charge in [0.2, 0.25) is 0 Å². The minimum atomic E-state index is -0.429. The Morgan fingerprint density at radius 1 is 0.909 bits per heavy atom. The minimum absolute atomic E-state index is 0.404. The zero-order valence-electron chi connectivity index (χ0n) is 11.6. The Morgan fingerprint density at radius 3 is 2.27 bits per heavy atom. The summed E-state index contributed by atoms with van der Waals surface area (Å²) in [6, 6.07) is 19.1. The van der Waals surface area contributed by atoms with Crippen LogP contribution in [0.15, 0.2) is 77.5 Å². The molecule has 3 rings (SSSR count). The van der Waals surface area contributed by atoms with Crippen molar-refractivity contribution in [3.8, 4) is 16.9 Å². The van der Waals surface area contributed by atoms with Gasteiger partial charge in [0.1, 0.15) is 5.75 Å². The largest absolute Gasteiger partial charge is 0.423 e. The van der Waals surface area contributed by atoms with Crippen molar-refractivity contribution in [2.45, 2.75) is 0 Å². The third kappa shape index (κ3) is 3.40. The number of pyridine rings is 1. The molecule has 0 saturated heterocycles. The molecule has 108 valence electrons. The molecular weight excluding hydrogens is 342 g/mol. The van der Waals surface area contributed by atoms with Crippen molar-refractivity contribution in [2.24, 2.45) is 0 Å². The first kappa shape index (κ1) is 14.5. The van der Waals surface area contributed by atoms with Gasteiger partial charge in [0.15, 0.2) is 0 Å². The highest BCUT2D eigenvalue weighted by atomic mass is 79.9. The summed E-state index contributed by atoms with van der Waals surface area (Å²) in [5, 5.41) is 0. The van der Waals surface area contributed by atoms with E-state index in [1.165, 1.54) is 6.20 Å². The zero-order valence-corrected chi connectivity index (χ0v) is 13.2. The minimum Gasteiger partial charge on any atom is -0.423 e. The first-order valence-electron chi connectivity index (χ1n) is 6.70. The fraction of sp³-hybridized carbons (Fsp3) is 0. The summed E-state index contributed by atoms with van der Waals surface area (Å²) in [5.74, 6) is 0.0749. The van der Waals surface area contributed by atoms with Gasteiger partial charge in [-0.3, -0.25) is 4.98 Å². The Balaban J connectivity index is 1.75. The molecule has 0 bridgehead atoms. The monoisotopic (exact) mass is 353 g/mol. The van der Waals surface area contributed by atoms with E-state index in [0.717, 1.165) is 15.6 Å². The van der Waals surface area contributed by atoms with Crippen LogP contribution in [0, 0.1) is 0 Å². The molecule has 1 aromatic heterocycles. The van der Waals surface area contributed by atoms with Gasteiger partial charge in [-0.1, -0.05) is 42.5 Å². The van der Waals surface area contributed by atoms with Gasteiger partial charge >= 0.3 is 5.97 Å². The second kappa shape index (κ2) is 6.54. The van der Waals surface area contributed by atoms with Crippen LogP contribution in [0.4, 0.5) is 0 Å². The van der Waals surface area contributed by atoms with Gasteiger partial charge in [-0.05, 0) is 45.3 Å². The average Bonchev–Trinajstić information content (AvgIpc) is 2.56. The molecule has 0 radical (unpaired) electrons. The van der Waals surface area contributed by atoms with Gasteiger partial charge in [0.05, 0.1) is 5.56 Å². The summed E-state index contributed by atoms with van der Waals surface area (Å²) >= 11 is 3.28. The number of rotatable bonds is 3. The van der Waals surface area contributed by atoms with E-state index in [1.807, 2.05) is 42.5 Å². The molecule has 0 atom stereocenters. The molecule has 0 aliphatic carbocycles. The van der Waals surface area contributed by atoms with E-state index in [0.29, 0.717) is 11.3 Å². The third-order valence-corrected chi connectivity index (χ3v) is 3.55. The van der Waals surface area contributed by atoms with Gasteiger partial charge in [0, 0.05) is 16.9 Å². The van der Waals surface area contributed by atoms with Gasteiger partial charge in [-0.2, -0.15) is 0 Å². The van der Waals surface area contributed by atoms with E-state index in [1.54, 1.807) is 24.4 Å². The summed E-state index contributed by atoms with van der Waals surface area (Å²) in [6.45, 7) is 0. The van der Waals surface area contributed by atoms with Crippen LogP contribution in [0.1, 0.15) is 10.4 Å². The highest BCUT2D eigenvalue weighted by molar-refractivity contribution is 9.10. The van der Waals surface area contributed by atoms with Crippen molar-refractivity contribution in [3.05, 3.63) is 83.1 Å². The van der Waals surface area contributed by atoms with Crippen LogP contribution in [-0.4, -0.2) is 11.0 Å². The summed E-state index contributed by atoms with van der Waals surface area (Å²) in [5.41, 5.74) is 2.60. The SMILES string of the molecule is O=C(Oc1ccc(-c2ccccc2)cc1)c1cncc(Br)c1. The molecule has 3 aromatic rings. The molecular formula is C18H12BrNO2. The number of halogens is 1. The Hall–Kier alpha value is -2.46. The maximum absolute atomic E-state index is 12.0. The third-order valence-electron chi connectivity index (χ3n) is 3.11. The highest BCUT2D eigenvalue weighted by Crippen LogP contribution is 2.22. The van der Waals surface area contributed by atoms with E-state index >= 15 is 0 Å². The first-order chi connectivity index (χ1) is 10.7. The highest BCUT2D eigenvalue weighted by Gasteiger charge is 2.09. The van der Waals surface area contributed by atoms with E-state index < -0.39 is 5.97 Å². The molecule has 0 aliphatic heterocycles. The number of esters is 1. The predicted octanol–water partition coefficient (Wildman–Crippen LogP) is 4.73. The molecule has 3 nitrogen and oxygen atoms in total. The van der Waals surface area contributed by atoms with E-state index in [-0.39, 0.29) is 0 Å². The van der Waals surface area contributed by atoms with Crippen molar-refractivity contribution < 1.29 is 9.53 Å². The number of carbonyl (C=O) groups excluding carboxylic acids is 1. The van der Waals surface area contributed by atoms with Crippen molar-refractivity contribution >= 4 is 21.9 Å². The number of hydrogen-bond acceptors (Lipinski definition) is 3. The lowest BCUT2D eigenvalue weighted by Gasteiger charge is -2.06. The number of ether oxygens (including phenoxy) is 1. The van der Waals surface area contributed by atoms with Crippen molar-refractivity contribution in [1.29, 1.82) is 0 Å². The van der Waals surface area contributed by atoms with Crippen molar-refractivity contribution in [2.75, 3.05) is 0 Å². The molecule has 0 saturated carbocycles. The second-order valence-corrected chi connectivity index (χ2v) is 5.59. The summed E-state index contributed by atoms with van der Waals surface area (Å²) in [6.07, 6.45) is 3.09. The molecule has 0 N–H and O–H groups in total. The Bertz CT molecular complexity index is 786.